The molecule has 1 N–H and O–H groups in total. The highest BCUT2D eigenvalue weighted by Crippen LogP contribution is 2.16. The van der Waals surface area contributed by atoms with Crippen LogP contribution in [0.4, 0.5) is 0 Å². The lowest BCUT2D eigenvalue weighted by Crippen LogP contribution is -2.53. The molecule has 0 aromatic heterocycles. The predicted molar refractivity (Wildman–Crippen MR) is 90.9 cm³/mol. The number of hydrogen-bond acceptors (Lipinski definition) is 3. The topological polar surface area (TPSA) is 18.5 Å². The fraction of sp³-hybridized carbons (Fsp3) is 0.647. The first-order valence-electron chi connectivity index (χ1n) is 7.94. The number of nitrogens with one attached hydrogen (secondary N) is 1. The Morgan fingerprint density at radius 3 is 2.43 bits per heavy atom. The SMILES string of the molecule is CC(C)C(CNCc1ccccc1Cl)N1CCN(C)CC1. The van der Waals surface area contributed by atoms with Crippen LogP contribution in [0.1, 0.15) is 19.4 Å². The maximum Gasteiger partial charge on any atom is 0.0450 e. The van der Waals surface area contributed by atoms with Gasteiger partial charge in [0.2, 0.25) is 0 Å². The zero-order valence-electron chi connectivity index (χ0n) is 13.5. The van der Waals surface area contributed by atoms with Crippen molar-refractivity contribution in [3.05, 3.63) is 34.9 Å². The van der Waals surface area contributed by atoms with E-state index in [9.17, 15) is 0 Å². The molecule has 1 fully saturated rings. The zero-order valence-corrected chi connectivity index (χ0v) is 14.2. The molecule has 1 heterocycles. The lowest BCUT2D eigenvalue weighted by Gasteiger charge is -2.40. The second-order valence-electron chi connectivity index (χ2n) is 6.37. The van der Waals surface area contributed by atoms with Crippen LogP contribution in [0.5, 0.6) is 0 Å². The van der Waals surface area contributed by atoms with E-state index in [-0.39, 0.29) is 0 Å². The van der Waals surface area contributed by atoms with E-state index < -0.39 is 0 Å². The lowest BCUT2D eigenvalue weighted by atomic mass is 10.0. The molecule has 0 aliphatic carbocycles. The van der Waals surface area contributed by atoms with Crippen LogP contribution >= 0.6 is 11.6 Å². The Balaban J connectivity index is 1.84. The van der Waals surface area contributed by atoms with Crippen LogP contribution < -0.4 is 5.32 Å². The van der Waals surface area contributed by atoms with Crippen molar-refractivity contribution in [2.45, 2.75) is 26.4 Å². The first-order valence-corrected chi connectivity index (χ1v) is 8.32. The monoisotopic (exact) mass is 309 g/mol. The van der Waals surface area contributed by atoms with Crippen LogP contribution in [-0.2, 0) is 6.54 Å². The Kier molecular flexibility index (Phi) is 6.49. The van der Waals surface area contributed by atoms with Gasteiger partial charge in [-0.1, -0.05) is 43.6 Å². The number of rotatable bonds is 6. The number of piperazine rings is 1. The average Bonchev–Trinajstić information content (AvgIpc) is 2.46. The summed E-state index contributed by atoms with van der Waals surface area (Å²) in [5, 5.41) is 4.45. The van der Waals surface area contributed by atoms with Crippen LogP contribution in [0.15, 0.2) is 24.3 Å². The summed E-state index contributed by atoms with van der Waals surface area (Å²) in [6.07, 6.45) is 0. The Hall–Kier alpha value is -0.610. The standard InChI is InChI=1S/C17H28ClN3/c1-14(2)17(21-10-8-20(3)9-11-21)13-19-12-15-6-4-5-7-16(15)18/h4-7,14,17,19H,8-13H2,1-3H3. The molecule has 1 unspecified atom stereocenters. The van der Waals surface area contributed by atoms with Crippen molar-refractivity contribution >= 4 is 11.6 Å². The van der Waals surface area contributed by atoms with Gasteiger partial charge in [-0.15, -0.1) is 0 Å². The Bertz CT molecular complexity index is 428. The fourth-order valence-electron chi connectivity index (χ4n) is 2.94. The highest BCUT2D eigenvalue weighted by Gasteiger charge is 2.24. The van der Waals surface area contributed by atoms with Crippen LogP contribution in [0, 0.1) is 5.92 Å². The molecule has 2 rings (SSSR count). The minimum absolute atomic E-state index is 0.598. The molecule has 1 aliphatic heterocycles. The highest BCUT2D eigenvalue weighted by atomic mass is 35.5. The van der Waals surface area contributed by atoms with Crippen molar-refractivity contribution < 1.29 is 0 Å². The van der Waals surface area contributed by atoms with Crippen molar-refractivity contribution in [2.75, 3.05) is 39.8 Å². The number of benzene rings is 1. The average molecular weight is 310 g/mol. The van der Waals surface area contributed by atoms with Gasteiger partial charge < -0.3 is 10.2 Å². The second kappa shape index (κ2) is 8.14. The number of halogens is 1. The summed E-state index contributed by atoms with van der Waals surface area (Å²) < 4.78 is 0. The summed E-state index contributed by atoms with van der Waals surface area (Å²) in [6, 6.07) is 8.67. The first kappa shape index (κ1) is 16.8. The summed E-state index contributed by atoms with van der Waals surface area (Å²) in [5.74, 6) is 0.659. The minimum atomic E-state index is 0.598. The largest absolute Gasteiger partial charge is 0.311 e. The van der Waals surface area contributed by atoms with E-state index in [0.717, 1.165) is 18.1 Å². The molecule has 1 aromatic carbocycles. The molecule has 21 heavy (non-hydrogen) atoms. The van der Waals surface area contributed by atoms with E-state index in [1.807, 2.05) is 18.2 Å². The molecule has 0 spiro atoms. The van der Waals surface area contributed by atoms with E-state index in [4.69, 9.17) is 11.6 Å². The quantitative estimate of drug-likeness (QED) is 0.871. The highest BCUT2D eigenvalue weighted by molar-refractivity contribution is 6.31. The van der Waals surface area contributed by atoms with Crippen LogP contribution in [0.25, 0.3) is 0 Å². The molecular weight excluding hydrogens is 282 g/mol. The van der Waals surface area contributed by atoms with Crippen molar-refractivity contribution in [3.63, 3.8) is 0 Å². The van der Waals surface area contributed by atoms with Crippen molar-refractivity contribution in [1.82, 2.24) is 15.1 Å². The lowest BCUT2D eigenvalue weighted by molar-refractivity contribution is 0.0875. The third-order valence-corrected chi connectivity index (χ3v) is 4.77. The third kappa shape index (κ3) is 4.96. The summed E-state index contributed by atoms with van der Waals surface area (Å²) >= 11 is 6.21. The van der Waals surface area contributed by atoms with E-state index >= 15 is 0 Å². The van der Waals surface area contributed by atoms with Gasteiger partial charge in [-0.3, -0.25) is 4.90 Å². The van der Waals surface area contributed by atoms with Crippen molar-refractivity contribution in [3.8, 4) is 0 Å². The van der Waals surface area contributed by atoms with Gasteiger partial charge in [0.05, 0.1) is 0 Å². The Morgan fingerprint density at radius 2 is 1.81 bits per heavy atom. The zero-order chi connectivity index (χ0) is 15.2. The molecule has 0 bridgehead atoms. The molecular formula is C17H28ClN3. The normalized spacial score (nSPS) is 19.1. The molecule has 3 nitrogen and oxygen atoms in total. The minimum Gasteiger partial charge on any atom is -0.311 e. The van der Waals surface area contributed by atoms with Gasteiger partial charge in [0.15, 0.2) is 0 Å². The Morgan fingerprint density at radius 1 is 1.14 bits per heavy atom. The molecule has 1 aromatic rings. The van der Waals surface area contributed by atoms with Gasteiger partial charge in [0, 0.05) is 50.3 Å². The van der Waals surface area contributed by atoms with Gasteiger partial charge >= 0.3 is 0 Å². The molecule has 4 heteroatoms. The smallest absolute Gasteiger partial charge is 0.0450 e. The maximum absolute atomic E-state index is 6.21. The van der Waals surface area contributed by atoms with Gasteiger partial charge in [-0.25, -0.2) is 0 Å². The first-order chi connectivity index (χ1) is 10.1. The van der Waals surface area contributed by atoms with Crippen LogP contribution in [-0.4, -0.2) is 55.6 Å². The van der Waals surface area contributed by atoms with Gasteiger partial charge in [0.1, 0.15) is 0 Å². The van der Waals surface area contributed by atoms with Crippen LogP contribution in [0.2, 0.25) is 5.02 Å². The van der Waals surface area contributed by atoms with E-state index in [0.29, 0.717) is 12.0 Å². The molecule has 1 aliphatic rings. The fourth-order valence-corrected chi connectivity index (χ4v) is 3.14. The second-order valence-corrected chi connectivity index (χ2v) is 6.78. The molecule has 1 atom stereocenters. The van der Waals surface area contributed by atoms with Gasteiger partial charge in [0.25, 0.3) is 0 Å². The molecule has 0 radical (unpaired) electrons. The predicted octanol–water partition coefficient (Wildman–Crippen LogP) is 2.70. The summed E-state index contributed by atoms with van der Waals surface area (Å²) in [7, 11) is 2.21. The van der Waals surface area contributed by atoms with E-state index in [1.54, 1.807) is 0 Å². The van der Waals surface area contributed by atoms with Crippen LogP contribution in [0.3, 0.4) is 0 Å². The maximum atomic E-state index is 6.21. The molecule has 0 saturated carbocycles. The number of hydrogen-bond donors (Lipinski definition) is 1. The Labute approximate surface area is 134 Å². The number of nitrogens with zero attached hydrogens (tertiary/aromatic N) is 2. The van der Waals surface area contributed by atoms with Gasteiger partial charge in [-0.2, -0.15) is 0 Å². The molecule has 118 valence electrons. The third-order valence-electron chi connectivity index (χ3n) is 4.40. The number of likely N-dealkylation sites (N-methyl/N-ethyl adjacent to an activating group) is 1. The summed E-state index contributed by atoms with van der Waals surface area (Å²) in [5.41, 5.74) is 1.18. The van der Waals surface area contributed by atoms with E-state index in [2.05, 4.69) is 42.1 Å². The van der Waals surface area contributed by atoms with E-state index in [1.165, 1.54) is 31.7 Å². The molecule has 1 saturated heterocycles. The summed E-state index contributed by atoms with van der Waals surface area (Å²) in [4.78, 5) is 5.04. The molecule has 0 amide bonds. The summed E-state index contributed by atoms with van der Waals surface area (Å²) in [6.45, 7) is 11.2. The van der Waals surface area contributed by atoms with Gasteiger partial charge in [-0.05, 0) is 24.6 Å². The van der Waals surface area contributed by atoms with Crippen molar-refractivity contribution in [2.24, 2.45) is 5.92 Å². The van der Waals surface area contributed by atoms with Crippen molar-refractivity contribution in [1.29, 1.82) is 0 Å².